The highest BCUT2D eigenvalue weighted by Crippen LogP contribution is 2.24. The Labute approximate surface area is 290 Å². The Morgan fingerprint density at radius 1 is 0.837 bits per heavy atom. The first-order chi connectivity index (χ1) is 23.9. The van der Waals surface area contributed by atoms with Crippen LogP contribution in [0.25, 0.3) is 10.9 Å². The summed E-state index contributed by atoms with van der Waals surface area (Å²) in [6.45, 7) is 3.96. The second kappa shape index (κ2) is 19.0. The molecule has 1 atom stereocenters. The summed E-state index contributed by atoms with van der Waals surface area (Å²) in [5.74, 6) is 0.541. The van der Waals surface area contributed by atoms with E-state index in [1.165, 1.54) is 16.0 Å². The van der Waals surface area contributed by atoms with E-state index in [0.29, 0.717) is 12.3 Å². The molecule has 9 nitrogen and oxygen atoms in total. The Balaban J connectivity index is 1.01. The highest BCUT2D eigenvalue weighted by molar-refractivity contribution is 5.86. The summed E-state index contributed by atoms with van der Waals surface area (Å²) >= 11 is 0. The third kappa shape index (κ3) is 12.0. The maximum Gasteiger partial charge on any atom is 0.239 e. The van der Waals surface area contributed by atoms with Gasteiger partial charge in [-0.2, -0.15) is 0 Å². The minimum atomic E-state index is -0.634. The number of aryl methyl sites for hydroxylation is 2. The van der Waals surface area contributed by atoms with Gasteiger partial charge in [-0.3, -0.25) is 24.4 Å². The zero-order valence-electron chi connectivity index (χ0n) is 28.8. The first-order valence-electron chi connectivity index (χ1n) is 17.6. The van der Waals surface area contributed by atoms with Crippen LogP contribution < -0.4 is 10.1 Å². The van der Waals surface area contributed by atoms with Gasteiger partial charge in [0.05, 0.1) is 18.6 Å². The van der Waals surface area contributed by atoms with E-state index < -0.39 is 6.10 Å². The van der Waals surface area contributed by atoms with E-state index in [9.17, 15) is 14.7 Å². The lowest BCUT2D eigenvalue weighted by Crippen LogP contribution is -2.52. The van der Waals surface area contributed by atoms with Crippen molar-refractivity contribution in [1.29, 1.82) is 0 Å². The molecule has 49 heavy (non-hydrogen) atoms. The van der Waals surface area contributed by atoms with Crippen LogP contribution in [0.4, 0.5) is 0 Å². The average molecular weight is 666 g/mol. The van der Waals surface area contributed by atoms with Gasteiger partial charge in [0.25, 0.3) is 0 Å². The number of nitrogens with zero attached hydrogens (tertiary/aromatic N) is 4. The Morgan fingerprint density at radius 3 is 2.12 bits per heavy atom. The van der Waals surface area contributed by atoms with Gasteiger partial charge in [-0.25, -0.2) is 0 Å². The van der Waals surface area contributed by atoms with E-state index in [2.05, 4.69) is 68.6 Å². The van der Waals surface area contributed by atoms with Crippen molar-refractivity contribution in [3.63, 3.8) is 0 Å². The number of aliphatic hydroxyl groups is 1. The number of carbonyl (C=O) groups excluding carboxylic acids is 2. The number of rotatable bonds is 18. The molecular weight excluding hydrogens is 614 g/mol. The molecule has 2 N–H and O–H groups in total. The summed E-state index contributed by atoms with van der Waals surface area (Å²) in [6.07, 6.45) is 6.87. The third-order valence-electron chi connectivity index (χ3n) is 9.22. The molecule has 5 rings (SSSR count). The number of likely N-dealkylation sites (N-methyl/N-ethyl adjacent to an activating group) is 1. The number of β-amino-alcohol motifs (C(OH)–C–C–N with tert-alkyl or cyclic N) is 1. The fourth-order valence-corrected chi connectivity index (χ4v) is 6.44. The van der Waals surface area contributed by atoms with E-state index in [4.69, 9.17) is 4.74 Å². The molecule has 9 heteroatoms. The number of hydrogen-bond acceptors (Lipinski definition) is 7. The van der Waals surface area contributed by atoms with Gasteiger partial charge in [0.15, 0.2) is 0 Å². The number of nitrogens with one attached hydrogen (secondary N) is 1. The van der Waals surface area contributed by atoms with Gasteiger partial charge < -0.3 is 20.1 Å². The van der Waals surface area contributed by atoms with Gasteiger partial charge in [0.2, 0.25) is 11.8 Å². The van der Waals surface area contributed by atoms with Crippen molar-refractivity contribution in [2.45, 2.75) is 50.7 Å². The molecule has 0 unspecified atom stereocenters. The number of ether oxygens (including phenoxy) is 1. The first kappa shape index (κ1) is 36.0. The van der Waals surface area contributed by atoms with Crippen LogP contribution >= 0.6 is 0 Å². The zero-order chi connectivity index (χ0) is 34.3. The smallest absolute Gasteiger partial charge is 0.239 e. The molecule has 1 aromatic heterocycles. The van der Waals surface area contributed by atoms with Crippen molar-refractivity contribution in [2.75, 3.05) is 59.5 Å². The van der Waals surface area contributed by atoms with Crippen molar-refractivity contribution in [1.82, 2.24) is 25.0 Å². The van der Waals surface area contributed by atoms with Crippen LogP contribution in [0.2, 0.25) is 0 Å². The van der Waals surface area contributed by atoms with Gasteiger partial charge in [-0.15, -0.1) is 0 Å². The monoisotopic (exact) mass is 665 g/mol. The van der Waals surface area contributed by atoms with Gasteiger partial charge in [0.1, 0.15) is 18.5 Å². The van der Waals surface area contributed by atoms with Crippen LogP contribution in [0.15, 0.2) is 97.2 Å². The van der Waals surface area contributed by atoms with Crippen molar-refractivity contribution in [2.24, 2.45) is 0 Å². The molecule has 0 radical (unpaired) electrons. The highest BCUT2D eigenvalue weighted by Gasteiger charge is 2.23. The number of amides is 2. The molecule has 1 aliphatic heterocycles. The molecule has 4 aromatic rings. The molecule has 1 fully saturated rings. The van der Waals surface area contributed by atoms with Crippen molar-refractivity contribution in [3.05, 3.63) is 108 Å². The standard InChI is InChI=1S/C40H51N5O4/c1-43(29-39(47)42-34(18-8-16-32-12-4-2-5-13-32)19-9-17-33-14-6-3-7-15-33)40(48)30-45-26-24-44(25-27-45)28-35(46)31-49-38-22-10-21-37-36(38)20-11-23-41-37/h2-7,10-15,20-23,34-35,46H,8-9,16-19,24-31H2,1H3,(H,42,47)/t35-/m1/s1. The summed E-state index contributed by atoms with van der Waals surface area (Å²) in [5.41, 5.74) is 3.48. The fraction of sp³-hybridized carbons (Fsp3) is 0.425. The second-order valence-corrected chi connectivity index (χ2v) is 13.1. The molecule has 0 aliphatic carbocycles. The number of carbonyl (C=O) groups is 2. The summed E-state index contributed by atoms with van der Waals surface area (Å²) in [6, 6.07) is 30.6. The Morgan fingerprint density at radius 2 is 1.47 bits per heavy atom. The summed E-state index contributed by atoms with van der Waals surface area (Å²) in [7, 11) is 1.71. The largest absolute Gasteiger partial charge is 0.490 e. The summed E-state index contributed by atoms with van der Waals surface area (Å²) in [5, 5.41) is 14.8. The molecule has 260 valence electrons. The number of aliphatic hydroxyl groups excluding tert-OH is 1. The highest BCUT2D eigenvalue weighted by atomic mass is 16.5. The SMILES string of the molecule is CN(CC(=O)NC(CCCc1ccccc1)CCCc1ccccc1)C(=O)CN1CCN(C[C@@H](O)COc2cccc3ncccc23)CC1. The summed E-state index contributed by atoms with van der Waals surface area (Å²) in [4.78, 5) is 36.4. The molecule has 3 aromatic carbocycles. The van der Waals surface area contributed by atoms with Crippen LogP contribution in [-0.2, 0) is 22.4 Å². The van der Waals surface area contributed by atoms with E-state index in [1.807, 2.05) is 42.5 Å². The number of piperazine rings is 1. The number of hydrogen-bond donors (Lipinski definition) is 2. The fourth-order valence-electron chi connectivity index (χ4n) is 6.44. The molecule has 0 spiro atoms. The topological polar surface area (TPSA) is 98.2 Å². The van der Waals surface area contributed by atoms with Gasteiger partial charge in [0, 0.05) is 57.4 Å². The number of pyridine rings is 1. The van der Waals surface area contributed by atoms with Crippen LogP contribution in [-0.4, -0.2) is 108 Å². The molecule has 2 amide bonds. The second-order valence-electron chi connectivity index (χ2n) is 13.1. The van der Waals surface area contributed by atoms with Crippen molar-refractivity contribution >= 4 is 22.7 Å². The lowest BCUT2D eigenvalue weighted by Gasteiger charge is -2.35. The summed E-state index contributed by atoms with van der Waals surface area (Å²) < 4.78 is 5.94. The minimum Gasteiger partial charge on any atom is -0.490 e. The molecule has 1 saturated heterocycles. The van der Waals surface area contributed by atoms with E-state index in [-0.39, 0.29) is 37.6 Å². The third-order valence-corrected chi connectivity index (χ3v) is 9.22. The molecule has 1 aliphatic rings. The normalized spacial score (nSPS) is 14.5. The molecule has 2 heterocycles. The first-order valence-corrected chi connectivity index (χ1v) is 17.6. The van der Waals surface area contributed by atoms with Crippen molar-refractivity contribution < 1.29 is 19.4 Å². The maximum atomic E-state index is 13.1. The van der Waals surface area contributed by atoms with E-state index >= 15 is 0 Å². The Hall–Kier alpha value is -4.31. The molecule has 0 bridgehead atoms. The molecule has 0 saturated carbocycles. The van der Waals surface area contributed by atoms with Crippen LogP contribution in [0.5, 0.6) is 5.75 Å². The number of aromatic nitrogens is 1. The minimum absolute atomic E-state index is 0.0472. The molecular formula is C40H51N5O4. The van der Waals surface area contributed by atoms with Gasteiger partial charge in [-0.05, 0) is 73.9 Å². The van der Waals surface area contributed by atoms with Crippen LogP contribution in [0.1, 0.15) is 36.8 Å². The maximum absolute atomic E-state index is 13.1. The number of fused-ring (bicyclic) bond motifs is 1. The predicted octanol–water partition coefficient (Wildman–Crippen LogP) is 4.58. The van der Waals surface area contributed by atoms with Gasteiger partial charge >= 0.3 is 0 Å². The average Bonchev–Trinajstić information content (AvgIpc) is 3.12. The Kier molecular flexibility index (Phi) is 14.0. The lowest BCUT2D eigenvalue weighted by molar-refractivity contribution is -0.136. The Bertz CT molecular complexity index is 1530. The van der Waals surface area contributed by atoms with E-state index in [0.717, 1.165) is 75.6 Å². The van der Waals surface area contributed by atoms with Crippen LogP contribution in [0, 0.1) is 0 Å². The number of benzene rings is 3. The predicted molar refractivity (Wildman–Crippen MR) is 194 cm³/mol. The van der Waals surface area contributed by atoms with Crippen LogP contribution in [0.3, 0.4) is 0 Å². The van der Waals surface area contributed by atoms with Crippen molar-refractivity contribution in [3.8, 4) is 5.75 Å². The zero-order valence-corrected chi connectivity index (χ0v) is 28.8. The van der Waals surface area contributed by atoms with E-state index in [1.54, 1.807) is 13.2 Å². The van der Waals surface area contributed by atoms with Gasteiger partial charge in [-0.1, -0.05) is 66.7 Å². The lowest BCUT2D eigenvalue weighted by atomic mass is 9.99. The quantitative estimate of drug-likeness (QED) is 0.161.